The summed E-state index contributed by atoms with van der Waals surface area (Å²) >= 11 is 0. The maximum atomic E-state index is 6.14. The first-order valence-corrected chi connectivity index (χ1v) is 10.7. The van der Waals surface area contributed by atoms with Gasteiger partial charge in [0.05, 0.1) is 18.5 Å². The molecule has 0 saturated carbocycles. The maximum absolute atomic E-state index is 6.14. The van der Waals surface area contributed by atoms with Crippen molar-refractivity contribution in [2.75, 3.05) is 11.9 Å². The minimum absolute atomic E-state index is 0.191. The fourth-order valence-electron chi connectivity index (χ4n) is 4.20. The Morgan fingerprint density at radius 1 is 1.03 bits per heavy atom. The van der Waals surface area contributed by atoms with Crippen LogP contribution in [0, 0.1) is 0 Å². The molecule has 0 bridgehead atoms. The summed E-state index contributed by atoms with van der Waals surface area (Å²) in [7, 11) is 3.82. The zero-order valence-corrected chi connectivity index (χ0v) is 18.3. The van der Waals surface area contributed by atoms with E-state index in [9.17, 15) is 0 Å². The fourth-order valence-corrected chi connectivity index (χ4v) is 4.20. The summed E-state index contributed by atoms with van der Waals surface area (Å²) in [6.45, 7) is 0.599. The molecule has 6 heterocycles. The molecule has 1 N–H and O–H groups in total. The number of pyridine rings is 1. The van der Waals surface area contributed by atoms with E-state index in [2.05, 4.69) is 35.7 Å². The maximum Gasteiger partial charge on any atom is 0.228 e. The van der Waals surface area contributed by atoms with Crippen molar-refractivity contribution >= 4 is 17.4 Å². The van der Waals surface area contributed by atoms with Crippen LogP contribution < -0.4 is 10.1 Å². The molecule has 0 radical (unpaired) electrons. The number of nitrogens with zero attached hydrogens (tertiary/aromatic N) is 9. The topological polar surface area (TPSA) is 113 Å². The summed E-state index contributed by atoms with van der Waals surface area (Å²) in [6.07, 6.45) is 6.94. The Labute approximate surface area is 189 Å². The molecular weight excluding hydrogens is 420 g/mol. The average molecular weight is 442 g/mol. The Morgan fingerprint density at radius 3 is 2.73 bits per heavy atom. The van der Waals surface area contributed by atoms with Crippen LogP contribution in [0.1, 0.15) is 23.9 Å². The molecule has 1 aliphatic rings. The standard InChI is InChI=1S/C22H22N10O/c1-30-16(3-8-24-30)11-14-6-10-33-20-13-15(12-19-28-29-21(14)32(19)20)17-4-7-23-22(26-17)27-18-5-9-25-31(18)2/h3-5,7-9,12-14H,6,10-11H2,1-2H3,(H,23,26,27)/t14-/m1/s1. The molecule has 11 heteroatoms. The molecule has 0 aliphatic carbocycles. The highest BCUT2D eigenvalue weighted by atomic mass is 16.5. The Kier molecular flexibility index (Phi) is 4.52. The predicted octanol–water partition coefficient (Wildman–Crippen LogP) is 2.51. The molecule has 0 unspecified atom stereocenters. The van der Waals surface area contributed by atoms with Crippen LogP contribution in [0.4, 0.5) is 11.8 Å². The molecule has 0 amide bonds. The van der Waals surface area contributed by atoms with Crippen molar-refractivity contribution in [3.05, 3.63) is 60.4 Å². The normalized spacial score (nSPS) is 15.4. The Bertz CT molecular complexity index is 1450. The minimum Gasteiger partial charge on any atom is -0.478 e. The Hall–Kier alpha value is -4.28. The van der Waals surface area contributed by atoms with Gasteiger partial charge in [0.2, 0.25) is 11.8 Å². The zero-order valence-electron chi connectivity index (χ0n) is 18.3. The van der Waals surface area contributed by atoms with Gasteiger partial charge < -0.3 is 10.1 Å². The van der Waals surface area contributed by atoms with Crippen LogP contribution in [-0.4, -0.2) is 50.7 Å². The van der Waals surface area contributed by atoms with E-state index < -0.39 is 0 Å². The first-order chi connectivity index (χ1) is 16.2. The number of ether oxygens (including phenoxy) is 1. The Morgan fingerprint density at radius 2 is 1.91 bits per heavy atom. The van der Waals surface area contributed by atoms with Gasteiger partial charge in [0.25, 0.3) is 0 Å². The molecule has 0 spiro atoms. The van der Waals surface area contributed by atoms with Crippen LogP contribution in [0.5, 0.6) is 5.88 Å². The molecule has 6 rings (SSSR count). The first-order valence-electron chi connectivity index (χ1n) is 10.7. The van der Waals surface area contributed by atoms with Gasteiger partial charge in [0, 0.05) is 55.8 Å². The molecule has 5 aromatic heterocycles. The van der Waals surface area contributed by atoms with Crippen molar-refractivity contribution in [1.29, 1.82) is 0 Å². The molecule has 11 nitrogen and oxygen atoms in total. The lowest BCUT2D eigenvalue weighted by Gasteiger charge is -2.12. The lowest BCUT2D eigenvalue weighted by molar-refractivity contribution is 0.296. The van der Waals surface area contributed by atoms with Crippen LogP contribution in [0.15, 0.2) is 48.9 Å². The minimum atomic E-state index is 0.191. The van der Waals surface area contributed by atoms with E-state index in [1.807, 2.05) is 59.7 Å². The second-order valence-electron chi connectivity index (χ2n) is 8.05. The second kappa shape index (κ2) is 7.69. The van der Waals surface area contributed by atoms with E-state index in [4.69, 9.17) is 4.74 Å². The van der Waals surface area contributed by atoms with Crippen molar-refractivity contribution in [2.24, 2.45) is 14.1 Å². The number of rotatable bonds is 5. The third-order valence-corrected chi connectivity index (χ3v) is 5.97. The lowest BCUT2D eigenvalue weighted by Crippen LogP contribution is -2.10. The van der Waals surface area contributed by atoms with E-state index in [0.29, 0.717) is 12.6 Å². The smallest absolute Gasteiger partial charge is 0.228 e. The molecule has 33 heavy (non-hydrogen) atoms. The van der Waals surface area contributed by atoms with Crippen molar-refractivity contribution in [1.82, 2.24) is 44.1 Å². The third-order valence-electron chi connectivity index (χ3n) is 5.97. The number of anilines is 2. The summed E-state index contributed by atoms with van der Waals surface area (Å²) in [4.78, 5) is 9.01. The summed E-state index contributed by atoms with van der Waals surface area (Å²) in [5.74, 6) is 3.11. The number of aryl methyl sites for hydroxylation is 2. The molecule has 5 aromatic rings. The first kappa shape index (κ1) is 19.4. The third kappa shape index (κ3) is 3.47. The molecule has 0 saturated heterocycles. The van der Waals surface area contributed by atoms with Gasteiger partial charge in [-0.25, -0.2) is 14.4 Å². The van der Waals surface area contributed by atoms with E-state index in [1.165, 1.54) is 0 Å². The molecule has 1 atom stereocenters. The molecule has 166 valence electrons. The van der Waals surface area contributed by atoms with E-state index in [0.717, 1.165) is 53.0 Å². The molecule has 0 fully saturated rings. The van der Waals surface area contributed by atoms with Gasteiger partial charge in [-0.15, -0.1) is 10.2 Å². The van der Waals surface area contributed by atoms with Crippen molar-refractivity contribution in [3.63, 3.8) is 0 Å². The van der Waals surface area contributed by atoms with Crippen molar-refractivity contribution in [2.45, 2.75) is 18.8 Å². The summed E-state index contributed by atoms with van der Waals surface area (Å²) in [5, 5.41) is 20.6. The van der Waals surface area contributed by atoms with Gasteiger partial charge in [-0.05, 0) is 31.0 Å². The van der Waals surface area contributed by atoms with Crippen LogP contribution in [0.2, 0.25) is 0 Å². The van der Waals surface area contributed by atoms with Crippen LogP contribution in [-0.2, 0) is 20.5 Å². The van der Waals surface area contributed by atoms with Gasteiger partial charge in [-0.3, -0.25) is 9.36 Å². The largest absolute Gasteiger partial charge is 0.478 e. The number of hydrogen-bond donors (Lipinski definition) is 1. The summed E-state index contributed by atoms with van der Waals surface area (Å²) < 4.78 is 11.8. The second-order valence-corrected chi connectivity index (χ2v) is 8.05. The average Bonchev–Trinajstić information content (AvgIpc) is 3.51. The Balaban J connectivity index is 1.36. The van der Waals surface area contributed by atoms with Gasteiger partial charge >= 0.3 is 0 Å². The lowest BCUT2D eigenvalue weighted by atomic mass is 9.99. The van der Waals surface area contributed by atoms with E-state index in [-0.39, 0.29) is 5.92 Å². The summed E-state index contributed by atoms with van der Waals surface area (Å²) in [5.41, 5.74) is 3.54. The number of nitrogens with one attached hydrogen (secondary N) is 1. The van der Waals surface area contributed by atoms with Gasteiger partial charge in [0.1, 0.15) is 11.6 Å². The predicted molar refractivity (Wildman–Crippen MR) is 120 cm³/mol. The van der Waals surface area contributed by atoms with Gasteiger partial charge in [-0.2, -0.15) is 10.2 Å². The molecule has 1 aliphatic heterocycles. The van der Waals surface area contributed by atoms with Gasteiger partial charge in [0.15, 0.2) is 5.65 Å². The van der Waals surface area contributed by atoms with Crippen molar-refractivity contribution < 1.29 is 4.74 Å². The number of aromatic nitrogens is 9. The van der Waals surface area contributed by atoms with Crippen LogP contribution in [0.25, 0.3) is 16.9 Å². The molecular formula is C22H22N10O. The van der Waals surface area contributed by atoms with E-state index >= 15 is 0 Å². The highest BCUT2D eigenvalue weighted by molar-refractivity contribution is 5.67. The highest BCUT2D eigenvalue weighted by Crippen LogP contribution is 2.33. The van der Waals surface area contributed by atoms with Crippen molar-refractivity contribution in [3.8, 4) is 17.1 Å². The zero-order chi connectivity index (χ0) is 22.4. The summed E-state index contributed by atoms with van der Waals surface area (Å²) in [6, 6.07) is 9.74. The van der Waals surface area contributed by atoms with Crippen LogP contribution >= 0.6 is 0 Å². The SMILES string of the molecule is Cn1nccc1C[C@H]1CCOc2cc(-c3ccnc(Nc4ccnn4C)n3)cc3nnc1n23. The molecule has 0 aromatic carbocycles. The monoisotopic (exact) mass is 442 g/mol. The van der Waals surface area contributed by atoms with Gasteiger partial charge in [-0.1, -0.05) is 0 Å². The number of hydrogen-bond acceptors (Lipinski definition) is 8. The van der Waals surface area contributed by atoms with E-state index in [1.54, 1.807) is 17.1 Å². The fraction of sp³-hybridized carbons (Fsp3) is 0.273. The highest BCUT2D eigenvalue weighted by Gasteiger charge is 2.26. The quantitative estimate of drug-likeness (QED) is 0.442. The van der Waals surface area contributed by atoms with Crippen LogP contribution in [0.3, 0.4) is 0 Å².